The number of amides is 1. The molecule has 0 saturated carbocycles. The van der Waals surface area contributed by atoms with Crippen LogP contribution >= 0.6 is 0 Å². The molecular formula is C18H26N2O. The van der Waals surface area contributed by atoms with Crippen LogP contribution in [0.3, 0.4) is 0 Å². The number of benzene rings is 1. The van der Waals surface area contributed by atoms with Gasteiger partial charge in [0, 0.05) is 25.7 Å². The molecule has 2 unspecified atom stereocenters. The summed E-state index contributed by atoms with van der Waals surface area (Å²) in [7, 11) is 0. The van der Waals surface area contributed by atoms with Gasteiger partial charge in [0.25, 0.3) is 0 Å². The summed E-state index contributed by atoms with van der Waals surface area (Å²) in [4.78, 5) is 15.3. The first-order valence-electron chi connectivity index (χ1n) is 8.28. The first-order valence-corrected chi connectivity index (χ1v) is 8.28. The molecule has 0 spiro atoms. The lowest BCUT2D eigenvalue weighted by Crippen LogP contribution is -2.43. The van der Waals surface area contributed by atoms with E-state index in [1.54, 1.807) is 0 Å². The zero-order valence-corrected chi connectivity index (χ0v) is 13.1. The molecule has 1 aromatic carbocycles. The zero-order valence-electron chi connectivity index (χ0n) is 13.1. The number of nitrogens with zero attached hydrogens (tertiary/aromatic N) is 1. The highest BCUT2D eigenvalue weighted by atomic mass is 16.2. The Morgan fingerprint density at radius 2 is 2.10 bits per heavy atom. The van der Waals surface area contributed by atoms with Crippen LogP contribution in [-0.4, -0.2) is 36.5 Å². The van der Waals surface area contributed by atoms with Crippen LogP contribution in [-0.2, 0) is 4.79 Å². The maximum Gasteiger partial charge on any atom is 0.230 e. The fraction of sp³-hybridized carbons (Fsp3) is 0.611. The second kappa shape index (κ2) is 6.18. The average molecular weight is 286 g/mol. The van der Waals surface area contributed by atoms with E-state index in [4.69, 9.17) is 0 Å². The lowest BCUT2D eigenvalue weighted by molar-refractivity contribution is -0.134. The quantitative estimate of drug-likeness (QED) is 0.923. The van der Waals surface area contributed by atoms with Gasteiger partial charge < -0.3 is 10.2 Å². The summed E-state index contributed by atoms with van der Waals surface area (Å²) >= 11 is 0. The molecule has 2 heterocycles. The fourth-order valence-electron chi connectivity index (χ4n) is 3.91. The number of nitrogens with one attached hydrogen (secondary N) is 1. The van der Waals surface area contributed by atoms with E-state index in [2.05, 4.69) is 36.2 Å². The van der Waals surface area contributed by atoms with Crippen molar-refractivity contribution >= 4 is 5.91 Å². The molecule has 1 N–H and O–H groups in total. The third-order valence-electron chi connectivity index (χ3n) is 5.37. The third kappa shape index (κ3) is 2.71. The number of carbonyl (C=O) groups is 1. The predicted molar refractivity (Wildman–Crippen MR) is 85.1 cm³/mol. The molecule has 2 saturated heterocycles. The summed E-state index contributed by atoms with van der Waals surface area (Å²) in [6, 6.07) is 10.7. The SMILES string of the molecule is CCC(C)C(C(=O)N1CC[C@H]2CNC[C@H]21)c1ccccc1. The maximum atomic E-state index is 13.2. The van der Waals surface area contributed by atoms with Gasteiger partial charge in [0.2, 0.25) is 5.91 Å². The molecule has 0 aromatic heterocycles. The van der Waals surface area contributed by atoms with Gasteiger partial charge in [0.15, 0.2) is 0 Å². The van der Waals surface area contributed by atoms with Gasteiger partial charge in [-0.1, -0.05) is 50.6 Å². The number of hydrogen-bond acceptors (Lipinski definition) is 2. The molecule has 1 amide bonds. The molecule has 2 fully saturated rings. The second-order valence-corrected chi connectivity index (χ2v) is 6.58. The first-order chi connectivity index (χ1) is 10.2. The largest absolute Gasteiger partial charge is 0.338 e. The molecule has 3 rings (SSSR count). The third-order valence-corrected chi connectivity index (χ3v) is 5.37. The van der Waals surface area contributed by atoms with Crippen LogP contribution in [0.5, 0.6) is 0 Å². The lowest BCUT2D eigenvalue weighted by Gasteiger charge is -2.31. The Labute approximate surface area is 127 Å². The van der Waals surface area contributed by atoms with Gasteiger partial charge in [0.05, 0.1) is 5.92 Å². The standard InChI is InChI=1S/C18H26N2O/c1-3-13(2)17(14-7-5-4-6-8-14)18(21)20-10-9-15-11-19-12-16(15)20/h4-8,13,15-17,19H,3,9-12H2,1-2H3/t13?,15-,16+,17?/m0/s1. The number of carbonyl (C=O) groups excluding carboxylic acids is 1. The van der Waals surface area contributed by atoms with Gasteiger partial charge in [-0.3, -0.25) is 4.79 Å². The smallest absolute Gasteiger partial charge is 0.230 e. The summed E-state index contributed by atoms with van der Waals surface area (Å²) in [5.41, 5.74) is 1.17. The van der Waals surface area contributed by atoms with Crippen LogP contribution in [0.2, 0.25) is 0 Å². The van der Waals surface area contributed by atoms with Crippen LogP contribution in [0, 0.1) is 11.8 Å². The first kappa shape index (κ1) is 14.6. The van der Waals surface area contributed by atoms with E-state index in [-0.39, 0.29) is 5.92 Å². The number of hydrogen-bond donors (Lipinski definition) is 1. The van der Waals surface area contributed by atoms with E-state index in [9.17, 15) is 4.79 Å². The van der Waals surface area contributed by atoms with Crippen molar-refractivity contribution in [1.82, 2.24) is 10.2 Å². The Kier molecular flexibility index (Phi) is 4.29. The van der Waals surface area contributed by atoms with E-state index < -0.39 is 0 Å². The van der Waals surface area contributed by atoms with Crippen LogP contribution in [0.1, 0.15) is 38.2 Å². The molecule has 0 radical (unpaired) electrons. The van der Waals surface area contributed by atoms with Gasteiger partial charge in [-0.25, -0.2) is 0 Å². The Balaban J connectivity index is 1.84. The van der Waals surface area contributed by atoms with Crippen LogP contribution in [0.15, 0.2) is 30.3 Å². The monoisotopic (exact) mass is 286 g/mol. The van der Waals surface area contributed by atoms with Crippen molar-refractivity contribution in [2.75, 3.05) is 19.6 Å². The highest BCUT2D eigenvalue weighted by Gasteiger charge is 2.42. The molecule has 3 nitrogen and oxygen atoms in total. The van der Waals surface area contributed by atoms with Crippen molar-refractivity contribution < 1.29 is 4.79 Å². The van der Waals surface area contributed by atoms with Crippen molar-refractivity contribution in [3.63, 3.8) is 0 Å². The normalized spacial score (nSPS) is 27.4. The highest BCUT2D eigenvalue weighted by Crippen LogP contribution is 2.34. The molecular weight excluding hydrogens is 260 g/mol. The zero-order chi connectivity index (χ0) is 14.8. The molecule has 0 bridgehead atoms. The van der Waals surface area contributed by atoms with Gasteiger partial charge >= 0.3 is 0 Å². The minimum atomic E-state index is 0.00977. The number of rotatable bonds is 4. The summed E-state index contributed by atoms with van der Waals surface area (Å²) < 4.78 is 0. The fourth-order valence-corrected chi connectivity index (χ4v) is 3.91. The molecule has 3 heteroatoms. The van der Waals surface area contributed by atoms with E-state index in [0.717, 1.165) is 32.5 Å². The topological polar surface area (TPSA) is 32.3 Å². The number of likely N-dealkylation sites (tertiary alicyclic amines) is 1. The van der Waals surface area contributed by atoms with Crippen LogP contribution < -0.4 is 5.32 Å². The lowest BCUT2D eigenvalue weighted by atomic mass is 9.84. The Hall–Kier alpha value is -1.35. The summed E-state index contributed by atoms with van der Waals surface area (Å²) in [6.45, 7) is 7.37. The van der Waals surface area contributed by atoms with Gasteiger partial charge in [-0.05, 0) is 23.8 Å². The molecule has 2 aliphatic heterocycles. The Morgan fingerprint density at radius 1 is 1.33 bits per heavy atom. The Bertz CT molecular complexity index is 487. The minimum Gasteiger partial charge on any atom is -0.338 e. The van der Waals surface area contributed by atoms with E-state index in [1.807, 2.05) is 18.2 Å². The van der Waals surface area contributed by atoms with Crippen molar-refractivity contribution in [3.8, 4) is 0 Å². The number of fused-ring (bicyclic) bond motifs is 1. The molecule has 114 valence electrons. The maximum absolute atomic E-state index is 13.2. The average Bonchev–Trinajstić information content (AvgIpc) is 3.11. The second-order valence-electron chi connectivity index (χ2n) is 6.58. The van der Waals surface area contributed by atoms with Crippen LogP contribution in [0.4, 0.5) is 0 Å². The minimum absolute atomic E-state index is 0.00977. The van der Waals surface area contributed by atoms with Crippen LogP contribution in [0.25, 0.3) is 0 Å². The molecule has 0 aliphatic carbocycles. The Morgan fingerprint density at radius 3 is 2.81 bits per heavy atom. The molecule has 21 heavy (non-hydrogen) atoms. The van der Waals surface area contributed by atoms with Crippen molar-refractivity contribution in [2.45, 2.75) is 38.6 Å². The molecule has 1 aromatic rings. The molecule has 2 aliphatic rings. The van der Waals surface area contributed by atoms with Crippen molar-refractivity contribution in [3.05, 3.63) is 35.9 Å². The predicted octanol–water partition coefficient (Wildman–Crippen LogP) is 2.64. The molecule has 4 atom stereocenters. The van der Waals surface area contributed by atoms with Gasteiger partial charge in [-0.15, -0.1) is 0 Å². The van der Waals surface area contributed by atoms with E-state index in [1.165, 1.54) is 5.56 Å². The van der Waals surface area contributed by atoms with Crippen molar-refractivity contribution in [2.24, 2.45) is 11.8 Å². The summed E-state index contributed by atoms with van der Waals surface area (Å²) in [5, 5.41) is 3.44. The van der Waals surface area contributed by atoms with E-state index >= 15 is 0 Å². The van der Waals surface area contributed by atoms with Gasteiger partial charge in [-0.2, -0.15) is 0 Å². The highest BCUT2D eigenvalue weighted by molar-refractivity contribution is 5.84. The van der Waals surface area contributed by atoms with Crippen molar-refractivity contribution in [1.29, 1.82) is 0 Å². The summed E-state index contributed by atoms with van der Waals surface area (Å²) in [6.07, 6.45) is 2.19. The van der Waals surface area contributed by atoms with Gasteiger partial charge in [0.1, 0.15) is 0 Å². The van der Waals surface area contributed by atoms with E-state index in [0.29, 0.717) is 23.8 Å². The summed E-state index contributed by atoms with van der Waals surface area (Å²) in [5.74, 6) is 1.40.